The third-order valence-corrected chi connectivity index (χ3v) is 6.25. The summed E-state index contributed by atoms with van der Waals surface area (Å²) in [5, 5.41) is 0.505. The van der Waals surface area contributed by atoms with E-state index in [0.29, 0.717) is 16.5 Å². The Labute approximate surface area is 145 Å². The minimum absolute atomic E-state index is 0.0723. The number of thiazole rings is 1. The molecule has 3 nitrogen and oxygen atoms in total. The first-order valence-electron chi connectivity index (χ1n) is 7.62. The molecule has 0 unspecified atom stereocenters. The molecule has 2 heterocycles. The van der Waals surface area contributed by atoms with Gasteiger partial charge in [-0.1, -0.05) is 12.1 Å². The molecular weight excluding hydrogens is 357 g/mol. The highest BCUT2D eigenvalue weighted by Gasteiger charge is 2.27. The van der Waals surface area contributed by atoms with Crippen molar-refractivity contribution in [3.63, 3.8) is 0 Å². The van der Waals surface area contributed by atoms with Crippen LogP contribution in [0.15, 0.2) is 30.5 Å². The summed E-state index contributed by atoms with van der Waals surface area (Å²) in [5.41, 5.74) is 2.03. The average Bonchev–Trinajstić information content (AvgIpc) is 3.02. The van der Waals surface area contributed by atoms with Crippen molar-refractivity contribution in [2.45, 2.75) is 19.0 Å². The van der Waals surface area contributed by atoms with Crippen molar-refractivity contribution in [3.05, 3.63) is 35.5 Å². The highest BCUT2D eigenvalue weighted by molar-refractivity contribution is 7.85. The van der Waals surface area contributed by atoms with E-state index in [4.69, 9.17) is 0 Å². The zero-order valence-electron chi connectivity index (χ0n) is 12.9. The van der Waals surface area contributed by atoms with Crippen molar-refractivity contribution in [2.24, 2.45) is 0 Å². The molecule has 0 bridgehead atoms. The molecule has 1 saturated heterocycles. The summed E-state index contributed by atoms with van der Waals surface area (Å²) in [4.78, 5) is 7.17. The number of nitrogens with zero attached hydrogens (tertiary/aromatic N) is 2. The van der Waals surface area contributed by atoms with E-state index in [0.717, 1.165) is 29.2 Å². The summed E-state index contributed by atoms with van der Waals surface area (Å²) < 4.78 is 48.2. The molecule has 0 amide bonds. The Morgan fingerprint density at radius 1 is 1.17 bits per heavy atom. The Morgan fingerprint density at radius 3 is 2.46 bits per heavy atom. The van der Waals surface area contributed by atoms with Crippen molar-refractivity contribution in [3.8, 4) is 10.4 Å². The Morgan fingerprint density at radius 2 is 1.83 bits per heavy atom. The lowest BCUT2D eigenvalue weighted by molar-refractivity contribution is -0.133. The maximum Gasteiger partial charge on any atom is 0.389 e. The molecule has 1 aliphatic heterocycles. The second-order valence-electron chi connectivity index (χ2n) is 5.62. The van der Waals surface area contributed by atoms with Gasteiger partial charge in [0.2, 0.25) is 0 Å². The molecule has 0 radical (unpaired) electrons. The summed E-state index contributed by atoms with van der Waals surface area (Å²) in [6, 6.07) is 7.92. The van der Waals surface area contributed by atoms with Crippen LogP contribution in [0.4, 0.5) is 18.9 Å². The molecule has 0 spiro atoms. The summed E-state index contributed by atoms with van der Waals surface area (Å²) >= 11 is 1.30. The first-order chi connectivity index (χ1) is 11.4. The Bertz CT molecular complexity index is 703. The molecule has 8 heteroatoms. The van der Waals surface area contributed by atoms with Gasteiger partial charge < -0.3 is 4.90 Å². The number of halogens is 3. The smallest absolute Gasteiger partial charge is 0.370 e. The van der Waals surface area contributed by atoms with Gasteiger partial charge in [-0.25, -0.2) is 4.98 Å². The number of alkyl halides is 3. The van der Waals surface area contributed by atoms with E-state index in [1.165, 1.54) is 11.3 Å². The molecule has 0 atom stereocenters. The topological polar surface area (TPSA) is 33.2 Å². The van der Waals surface area contributed by atoms with Crippen molar-refractivity contribution in [2.75, 3.05) is 29.5 Å². The predicted octanol–water partition coefficient (Wildman–Crippen LogP) is 3.87. The molecule has 0 N–H and O–H groups in total. The zero-order chi connectivity index (χ0) is 17.2. The van der Waals surface area contributed by atoms with Crippen LogP contribution in [0.25, 0.3) is 10.4 Å². The minimum atomic E-state index is -4.15. The van der Waals surface area contributed by atoms with Gasteiger partial charge in [-0.2, -0.15) is 13.2 Å². The fourth-order valence-corrected chi connectivity index (χ4v) is 4.52. The predicted molar refractivity (Wildman–Crippen MR) is 92.0 cm³/mol. The van der Waals surface area contributed by atoms with Gasteiger partial charge >= 0.3 is 6.18 Å². The summed E-state index contributed by atoms with van der Waals surface area (Å²) in [5.74, 6) is 1.39. The first-order valence-corrected chi connectivity index (χ1v) is 9.93. The van der Waals surface area contributed by atoms with Gasteiger partial charge in [0.05, 0.1) is 9.88 Å². The van der Waals surface area contributed by atoms with Crippen molar-refractivity contribution >= 4 is 27.8 Å². The number of rotatable bonds is 4. The third-order valence-electron chi connectivity index (χ3n) is 3.87. The molecule has 1 fully saturated rings. The van der Waals surface area contributed by atoms with Gasteiger partial charge in [-0.05, 0) is 17.7 Å². The second kappa shape index (κ2) is 7.23. The van der Waals surface area contributed by atoms with Crippen LogP contribution in [0.1, 0.15) is 11.4 Å². The van der Waals surface area contributed by atoms with Crippen LogP contribution < -0.4 is 4.90 Å². The summed E-state index contributed by atoms with van der Waals surface area (Å²) in [6.07, 6.45) is -3.42. The zero-order valence-corrected chi connectivity index (χ0v) is 14.5. The second-order valence-corrected chi connectivity index (χ2v) is 8.43. The van der Waals surface area contributed by atoms with Gasteiger partial charge in [-0.3, -0.25) is 4.21 Å². The lowest BCUT2D eigenvalue weighted by Crippen LogP contribution is -2.37. The van der Waals surface area contributed by atoms with Crippen LogP contribution in [0.2, 0.25) is 0 Å². The summed E-state index contributed by atoms with van der Waals surface area (Å²) in [7, 11) is -0.703. The standard InChI is InChI=1S/C16H17F3N2OS2/c17-16(18,19)6-5-15-20-11-14(23-15)12-1-3-13(4-2-12)21-7-9-24(22)10-8-21/h1-4,11H,5-10H2. The fraction of sp³-hybridized carbons (Fsp3) is 0.438. The molecule has 1 aromatic carbocycles. The number of aryl methyl sites for hydroxylation is 1. The van der Waals surface area contributed by atoms with Gasteiger partial charge in [-0.15, -0.1) is 11.3 Å². The van der Waals surface area contributed by atoms with Crippen LogP contribution in [0.5, 0.6) is 0 Å². The van der Waals surface area contributed by atoms with Crippen molar-refractivity contribution in [1.29, 1.82) is 0 Å². The van der Waals surface area contributed by atoms with Crippen molar-refractivity contribution in [1.82, 2.24) is 4.98 Å². The number of aromatic nitrogens is 1. The maximum atomic E-state index is 12.3. The maximum absolute atomic E-state index is 12.3. The lowest BCUT2D eigenvalue weighted by atomic mass is 10.2. The van der Waals surface area contributed by atoms with Gasteiger partial charge in [0.25, 0.3) is 0 Å². The first kappa shape index (κ1) is 17.4. The van der Waals surface area contributed by atoms with E-state index in [2.05, 4.69) is 9.88 Å². The molecule has 1 aliphatic rings. The van der Waals surface area contributed by atoms with E-state index < -0.39 is 23.4 Å². The highest BCUT2D eigenvalue weighted by atomic mass is 32.2. The molecular formula is C16H17F3N2OS2. The molecule has 0 saturated carbocycles. The highest BCUT2D eigenvalue weighted by Crippen LogP contribution is 2.30. The van der Waals surface area contributed by atoms with E-state index in [1.807, 2.05) is 24.3 Å². The van der Waals surface area contributed by atoms with Gasteiger partial charge in [0, 0.05) is 60.1 Å². The molecule has 2 aromatic rings. The summed E-state index contributed by atoms with van der Waals surface area (Å²) in [6.45, 7) is 1.57. The molecule has 24 heavy (non-hydrogen) atoms. The number of anilines is 1. The van der Waals surface area contributed by atoms with E-state index >= 15 is 0 Å². The monoisotopic (exact) mass is 374 g/mol. The van der Waals surface area contributed by atoms with Crippen LogP contribution in [0.3, 0.4) is 0 Å². The number of hydrogen-bond acceptors (Lipinski definition) is 4. The van der Waals surface area contributed by atoms with Crippen molar-refractivity contribution < 1.29 is 17.4 Å². The normalized spacial score (nSPS) is 16.5. The van der Waals surface area contributed by atoms with Crippen LogP contribution in [0, 0.1) is 0 Å². The van der Waals surface area contributed by atoms with E-state index in [9.17, 15) is 17.4 Å². The minimum Gasteiger partial charge on any atom is -0.370 e. The van der Waals surface area contributed by atoms with Gasteiger partial charge in [0.15, 0.2) is 0 Å². The lowest BCUT2D eigenvalue weighted by Gasteiger charge is -2.28. The van der Waals surface area contributed by atoms with E-state index in [-0.39, 0.29) is 6.42 Å². The van der Waals surface area contributed by atoms with Crippen LogP contribution >= 0.6 is 11.3 Å². The quantitative estimate of drug-likeness (QED) is 0.814. The average molecular weight is 374 g/mol. The van der Waals surface area contributed by atoms with Crippen LogP contribution in [-0.4, -0.2) is 40.0 Å². The Balaban J connectivity index is 1.65. The largest absolute Gasteiger partial charge is 0.389 e. The Hall–Kier alpha value is -1.41. The van der Waals surface area contributed by atoms with Gasteiger partial charge in [0.1, 0.15) is 0 Å². The Kier molecular flexibility index (Phi) is 5.24. The number of benzene rings is 1. The molecule has 1 aromatic heterocycles. The van der Waals surface area contributed by atoms with Crippen LogP contribution in [-0.2, 0) is 17.2 Å². The molecule has 0 aliphatic carbocycles. The number of hydrogen-bond donors (Lipinski definition) is 0. The molecule has 3 rings (SSSR count). The fourth-order valence-electron chi connectivity index (χ4n) is 2.54. The molecule has 130 valence electrons. The SMILES string of the molecule is O=S1CCN(c2ccc(-c3cnc(CCC(F)(F)F)s3)cc2)CC1. The van der Waals surface area contributed by atoms with E-state index in [1.54, 1.807) is 6.20 Å². The third kappa shape index (κ3) is 4.57.